The topological polar surface area (TPSA) is 19.7 Å². The molecular weight excluding hydrogens is 1140 g/mol. The Bertz CT molecular complexity index is 6770. The normalized spacial score (nSPS) is 12.3. The van der Waals surface area contributed by atoms with Crippen molar-refractivity contribution >= 4 is 152 Å². The predicted molar refractivity (Wildman–Crippen MR) is 400 cm³/mol. The fourth-order valence-corrected chi connectivity index (χ4v) is 16.6. The zero-order valence-electron chi connectivity index (χ0n) is 51.0. The zero-order valence-corrected chi connectivity index (χ0v) is 51.0. The van der Waals surface area contributed by atoms with Gasteiger partial charge in [-0.2, -0.15) is 0 Å². The number of nitrogens with zero attached hydrogens (tertiary/aromatic N) is 4. The third-order valence-corrected chi connectivity index (χ3v) is 20.7. The van der Waals surface area contributed by atoms with Crippen molar-refractivity contribution in [3.8, 4) is 45.0 Å². The van der Waals surface area contributed by atoms with Crippen LogP contribution in [0.3, 0.4) is 0 Å². The highest BCUT2D eigenvalue weighted by Gasteiger charge is 2.23. The number of benzene rings is 17. The molecule has 0 aliphatic heterocycles. The highest BCUT2D eigenvalue weighted by Crippen LogP contribution is 2.46. The summed E-state index contributed by atoms with van der Waals surface area (Å²) < 4.78 is 9.86. The summed E-state index contributed by atoms with van der Waals surface area (Å²) in [6.07, 6.45) is 0. The van der Waals surface area contributed by atoms with Crippen molar-refractivity contribution < 1.29 is 0 Å². The van der Waals surface area contributed by atoms with Gasteiger partial charge in [-0.25, -0.2) is 0 Å². The SMILES string of the molecule is c1ccc(-n2c3ccccc3c3cc4c(cc32)c2ccccc2n4-c2ccc3c(c2)c2ccccc2c2c(-c4cccc(-c5ccc(-n6c7ccccc7c7cc8c(cc76)c6ccccc6n8-c6ccc7c8ccccc8c8ccccc8c7c6)cc5)c4)cccc32)cc1. The van der Waals surface area contributed by atoms with E-state index in [1.165, 1.54) is 174 Å². The van der Waals surface area contributed by atoms with E-state index in [0.717, 1.165) is 22.7 Å². The molecule has 0 atom stereocenters. The van der Waals surface area contributed by atoms with Crippen LogP contribution in [0.5, 0.6) is 0 Å². The van der Waals surface area contributed by atoms with Crippen molar-refractivity contribution in [2.24, 2.45) is 0 Å². The largest absolute Gasteiger partial charge is 0.309 e. The summed E-state index contributed by atoms with van der Waals surface area (Å²) in [5.74, 6) is 0. The van der Waals surface area contributed by atoms with Gasteiger partial charge >= 0.3 is 0 Å². The molecule has 4 heteroatoms. The highest BCUT2D eigenvalue weighted by atomic mass is 15.0. The Labute approximate surface area is 539 Å². The van der Waals surface area contributed by atoms with Gasteiger partial charge in [0.05, 0.1) is 44.1 Å². The standard InChI is InChI=1S/C90H54N4/c1-2-22-58(23-3-1)91-82-36-14-10-29-70(82)78-53-88-80(51-86(78)91)72-31-12-17-39-85(72)94(88)61-45-47-69-75-35-19-34-62(90(75)74-33-9-8-28-67(74)77(69)50-61)57-21-18-20-56(48-57)55-40-42-59(43-41-55)92-83-37-15-11-30-71(83)79-54-89-81(52-87(79)92)73-32-13-16-38-84(73)93(89)60-44-46-68-65-26-5-4-24-63(65)64-25-6-7-27-66(64)76(68)49-60/h1-54H. The van der Waals surface area contributed by atoms with Crippen molar-refractivity contribution in [1.82, 2.24) is 18.3 Å². The predicted octanol–water partition coefficient (Wildman–Crippen LogP) is 24.3. The lowest BCUT2D eigenvalue weighted by atomic mass is 9.88. The third-order valence-electron chi connectivity index (χ3n) is 20.7. The van der Waals surface area contributed by atoms with Gasteiger partial charge in [0.1, 0.15) is 0 Å². The number of aromatic nitrogens is 4. The van der Waals surface area contributed by atoms with Crippen LogP contribution >= 0.6 is 0 Å². The van der Waals surface area contributed by atoms with E-state index in [1.54, 1.807) is 0 Å². The first-order valence-corrected chi connectivity index (χ1v) is 32.6. The number of hydrogen-bond donors (Lipinski definition) is 0. The molecule has 94 heavy (non-hydrogen) atoms. The molecule has 4 heterocycles. The summed E-state index contributed by atoms with van der Waals surface area (Å²) in [6, 6.07) is 122. The van der Waals surface area contributed by atoms with E-state index >= 15 is 0 Å². The van der Waals surface area contributed by atoms with Crippen LogP contribution in [0.1, 0.15) is 0 Å². The molecule has 0 aliphatic carbocycles. The van der Waals surface area contributed by atoms with Crippen molar-refractivity contribution in [3.05, 3.63) is 328 Å². The molecule has 0 bridgehead atoms. The summed E-state index contributed by atoms with van der Waals surface area (Å²) in [5, 5.41) is 25.0. The molecule has 21 rings (SSSR count). The maximum Gasteiger partial charge on any atom is 0.0548 e. The Balaban J connectivity index is 0.672. The molecular formula is C90H54N4. The first-order chi connectivity index (χ1) is 46.6. The molecule has 434 valence electrons. The van der Waals surface area contributed by atoms with E-state index in [-0.39, 0.29) is 0 Å². The first-order valence-electron chi connectivity index (χ1n) is 32.6. The lowest BCUT2D eigenvalue weighted by Gasteiger charge is -2.17. The van der Waals surface area contributed by atoms with Crippen LogP contribution < -0.4 is 0 Å². The van der Waals surface area contributed by atoms with Gasteiger partial charge in [-0.3, -0.25) is 0 Å². The molecule has 21 aromatic rings. The van der Waals surface area contributed by atoms with Crippen molar-refractivity contribution in [2.75, 3.05) is 0 Å². The molecule has 0 saturated heterocycles. The van der Waals surface area contributed by atoms with Crippen molar-refractivity contribution in [3.63, 3.8) is 0 Å². The van der Waals surface area contributed by atoms with Crippen molar-refractivity contribution in [1.29, 1.82) is 0 Å². The highest BCUT2D eigenvalue weighted by molar-refractivity contribution is 6.30. The Morgan fingerprint density at radius 1 is 0.138 bits per heavy atom. The van der Waals surface area contributed by atoms with Crippen LogP contribution in [-0.2, 0) is 0 Å². The Morgan fingerprint density at radius 3 is 0.904 bits per heavy atom. The molecule has 17 aromatic carbocycles. The Hall–Kier alpha value is -12.5. The average molecular weight is 1190 g/mol. The zero-order chi connectivity index (χ0) is 61.3. The van der Waals surface area contributed by atoms with Crippen LogP contribution in [0, 0.1) is 0 Å². The minimum absolute atomic E-state index is 1.13. The first kappa shape index (κ1) is 51.3. The Morgan fingerprint density at radius 2 is 0.447 bits per heavy atom. The van der Waals surface area contributed by atoms with Crippen molar-refractivity contribution in [2.45, 2.75) is 0 Å². The van der Waals surface area contributed by atoms with Gasteiger partial charge in [0, 0.05) is 65.8 Å². The fourth-order valence-electron chi connectivity index (χ4n) is 16.6. The van der Waals surface area contributed by atoms with E-state index in [4.69, 9.17) is 0 Å². The lowest BCUT2D eigenvalue weighted by molar-refractivity contribution is 1.18. The molecule has 0 aliphatic rings. The van der Waals surface area contributed by atoms with Gasteiger partial charge in [0.25, 0.3) is 0 Å². The molecule has 0 fully saturated rings. The van der Waals surface area contributed by atoms with Crippen LogP contribution in [0.2, 0.25) is 0 Å². The van der Waals surface area contributed by atoms with E-state index in [2.05, 4.69) is 346 Å². The molecule has 0 spiro atoms. The molecule has 4 nitrogen and oxygen atoms in total. The van der Waals surface area contributed by atoms with Gasteiger partial charge in [0.15, 0.2) is 0 Å². The van der Waals surface area contributed by atoms with Crippen LogP contribution in [0.25, 0.3) is 197 Å². The van der Waals surface area contributed by atoms with Crippen LogP contribution in [0.15, 0.2) is 328 Å². The van der Waals surface area contributed by atoms with Gasteiger partial charge < -0.3 is 18.3 Å². The second-order valence-electron chi connectivity index (χ2n) is 25.5. The fraction of sp³-hybridized carbons (Fsp3) is 0. The summed E-state index contributed by atoms with van der Waals surface area (Å²) >= 11 is 0. The van der Waals surface area contributed by atoms with E-state index in [9.17, 15) is 0 Å². The summed E-state index contributed by atoms with van der Waals surface area (Å²) in [5.41, 5.74) is 18.9. The summed E-state index contributed by atoms with van der Waals surface area (Å²) in [4.78, 5) is 0. The average Bonchev–Trinajstić information content (AvgIpc) is 1.44. The number of rotatable bonds is 6. The quantitative estimate of drug-likeness (QED) is 0.148. The number of fused-ring (bicyclic) bond motifs is 24. The van der Waals surface area contributed by atoms with Gasteiger partial charge in [-0.1, -0.05) is 224 Å². The molecule has 0 amide bonds. The second kappa shape index (κ2) is 19.5. The van der Waals surface area contributed by atoms with Gasteiger partial charge in [-0.05, 0) is 190 Å². The molecule has 0 saturated carbocycles. The number of hydrogen-bond acceptors (Lipinski definition) is 0. The van der Waals surface area contributed by atoms with Crippen LogP contribution in [-0.4, -0.2) is 18.3 Å². The molecule has 0 radical (unpaired) electrons. The number of para-hydroxylation sites is 5. The van der Waals surface area contributed by atoms with E-state index in [1.807, 2.05) is 0 Å². The monoisotopic (exact) mass is 1190 g/mol. The summed E-state index contributed by atoms with van der Waals surface area (Å²) in [7, 11) is 0. The van der Waals surface area contributed by atoms with E-state index < -0.39 is 0 Å². The maximum atomic E-state index is 2.49. The molecule has 0 N–H and O–H groups in total. The smallest absolute Gasteiger partial charge is 0.0548 e. The minimum atomic E-state index is 1.13. The summed E-state index contributed by atoms with van der Waals surface area (Å²) in [6.45, 7) is 0. The van der Waals surface area contributed by atoms with Gasteiger partial charge in [-0.15, -0.1) is 0 Å². The molecule has 4 aromatic heterocycles. The molecule has 0 unspecified atom stereocenters. The second-order valence-corrected chi connectivity index (χ2v) is 25.5. The van der Waals surface area contributed by atoms with E-state index in [0.29, 0.717) is 0 Å². The van der Waals surface area contributed by atoms with Crippen LogP contribution in [0.4, 0.5) is 0 Å². The Kier molecular flexibility index (Phi) is 10.6. The third kappa shape index (κ3) is 7.22. The van der Waals surface area contributed by atoms with Gasteiger partial charge in [0.2, 0.25) is 0 Å². The lowest BCUT2D eigenvalue weighted by Crippen LogP contribution is -1.95. The maximum absolute atomic E-state index is 2.49. The minimum Gasteiger partial charge on any atom is -0.309 e.